The lowest BCUT2D eigenvalue weighted by molar-refractivity contribution is -0.139. The van der Waals surface area contributed by atoms with Gasteiger partial charge in [0.1, 0.15) is 0 Å². The van der Waals surface area contributed by atoms with Gasteiger partial charge in [0.2, 0.25) is 0 Å². The van der Waals surface area contributed by atoms with Crippen LogP contribution in [0.3, 0.4) is 0 Å². The molecule has 33 heavy (non-hydrogen) atoms. The SMILES string of the molecule is CN1CCCc2cc(C(CNC(=O)C(=O)NCCc3ccccc3)N3CCCCC3)ccc21. The molecule has 0 spiro atoms. The van der Waals surface area contributed by atoms with Gasteiger partial charge in [-0.15, -0.1) is 0 Å². The zero-order valence-electron chi connectivity index (χ0n) is 19.7. The van der Waals surface area contributed by atoms with Crippen LogP contribution in [0.1, 0.15) is 48.4 Å². The van der Waals surface area contributed by atoms with Gasteiger partial charge in [-0.3, -0.25) is 14.5 Å². The highest BCUT2D eigenvalue weighted by molar-refractivity contribution is 6.35. The van der Waals surface area contributed by atoms with E-state index in [-0.39, 0.29) is 6.04 Å². The Bertz CT molecular complexity index is 940. The van der Waals surface area contributed by atoms with Crippen LogP contribution in [0.4, 0.5) is 5.69 Å². The summed E-state index contributed by atoms with van der Waals surface area (Å²) in [6.07, 6.45) is 6.59. The van der Waals surface area contributed by atoms with E-state index in [1.165, 1.54) is 42.5 Å². The number of piperidine rings is 1. The number of fused-ring (bicyclic) bond motifs is 1. The number of likely N-dealkylation sites (tertiary alicyclic amines) is 1. The lowest BCUT2D eigenvalue weighted by atomic mass is 9.95. The maximum atomic E-state index is 12.5. The summed E-state index contributed by atoms with van der Waals surface area (Å²) < 4.78 is 0. The van der Waals surface area contributed by atoms with Crippen LogP contribution >= 0.6 is 0 Å². The second-order valence-corrected chi connectivity index (χ2v) is 9.23. The third kappa shape index (κ3) is 6.14. The molecule has 1 fully saturated rings. The van der Waals surface area contributed by atoms with Gasteiger partial charge in [-0.1, -0.05) is 48.9 Å². The molecule has 6 heteroatoms. The fourth-order valence-electron chi connectivity index (χ4n) is 5.02. The Hall–Kier alpha value is -2.86. The Morgan fingerprint density at radius 3 is 2.45 bits per heavy atom. The quantitative estimate of drug-likeness (QED) is 0.639. The lowest BCUT2D eigenvalue weighted by Crippen LogP contribution is -2.45. The van der Waals surface area contributed by atoms with Gasteiger partial charge in [0.05, 0.1) is 6.04 Å². The molecule has 2 heterocycles. The summed E-state index contributed by atoms with van der Waals surface area (Å²) in [5.74, 6) is -1.11. The van der Waals surface area contributed by atoms with E-state index in [4.69, 9.17) is 0 Å². The molecule has 1 atom stereocenters. The van der Waals surface area contributed by atoms with E-state index in [2.05, 4.69) is 45.7 Å². The van der Waals surface area contributed by atoms with Gasteiger partial charge in [-0.25, -0.2) is 0 Å². The summed E-state index contributed by atoms with van der Waals surface area (Å²) >= 11 is 0. The summed E-state index contributed by atoms with van der Waals surface area (Å²) in [5.41, 5.74) is 5.06. The van der Waals surface area contributed by atoms with E-state index in [9.17, 15) is 9.59 Å². The van der Waals surface area contributed by atoms with Crippen molar-refractivity contribution in [3.63, 3.8) is 0 Å². The molecule has 0 aliphatic carbocycles. The second-order valence-electron chi connectivity index (χ2n) is 9.23. The molecule has 2 aromatic rings. The first-order valence-corrected chi connectivity index (χ1v) is 12.3. The van der Waals surface area contributed by atoms with Crippen LogP contribution < -0.4 is 15.5 Å². The number of anilines is 1. The molecule has 2 amide bonds. The van der Waals surface area contributed by atoms with Crippen molar-refractivity contribution in [3.05, 3.63) is 65.2 Å². The number of benzene rings is 2. The highest BCUT2D eigenvalue weighted by atomic mass is 16.2. The Morgan fingerprint density at radius 2 is 1.67 bits per heavy atom. The minimum Gasteiger partial charge on any atom is -0.374 e. The maximum Gasteiger partial charge on any atom is 0.309 e. The minimum atomic E-state index is -0.560. The van der Waals surface area contributed by atoms with Gasteiger partial charge in [0.15, 0.2) is 0 Å². The number of nitrogens with one attached hydrogen (secondary N) is 2. The molecule has 2 aromatic carbocycles. The van der Waals surface area contributed by atoms with Gasteiger partial charge in [0, 0.05) is 32.4 Å². The van der Waals surface area contributed by atoms with E-state index in [0.29, 0.717) is 19.5 Å². The first-order chi connectivity index (χ1) is 16.1. The van der Waals surface area contributed by atoms with E-state index in [1.54, 1.807) is 0 Å². The second kappa shape index (κ2) is 11.3. The van der Waals surface area contributed by atoms with Crippen molar-refractivity contribution in [2.45, 2.75) is 44.6 Å². The third-order valence-corrected chi connectivity index (χ3v) is 6.87. The third-order valence-electron chi connectivity index (χ3n) is 6.87. The zero-order chi connectivity index (χ0) is 23.0. The number of aryl methyl sites for hydroxylation is 1. The predicted octanol–water partition coefficient (Wildman–Crippen LogP) is 3.07. The van der Waals surface area contributed by atoms with Crippen LogP contribution in [0.25, 0.3) is 0 Å². The fraction of sp³-hybridized carbons (Fsp3) is 0.481. The Balaban J connectivity index is 1.37. The van der Waals surface area contributed by atoms with E-state index in [1.807, 2.05) is 30.3 Å². The summed E-state index contributed by atoms with van der Waals surface area (Å²) in [6.45, 7) is 4.04. The Labute approximate surface area is 197 Å². The zero-order valence-corrected chi connectivity index (χ0v) is 19.7. The molecule has 0 bridgehead atoms. The molecule has 1 unspecified atom stereocenters. The lowest BCUT2D eigenvalue weighted by Gasteiger charge is -2.36. The molecular weight excluding hydrogens is 412 g/mol. The van der Waals surface area contributed by atoms with Crippen molar-refractivity contribution in [2.75, 3.05) is 44.7 Å². The standard InChI is InChI=1S/C27H36N4O2/c1-30-16-8-11-22-19-23(12-13-24(22)30)25(31-17-6-3-7-18-31)20-29-27(33)26(32)28-15-14-21-9-4-2-5-10-21/h2,4-5,9-10,12-13,19,25H,3,6-8,11,14-18,20H2,1H3,(H,28,32)(H,29,33). The fourth-order valence-corrected chi connectivity index (χ4v) is 5.02. The van der Waals surface area contributed by atoms with Crippen LogP contribution in [0.2, 0.25) is 0 Å². The van der Waals surface area contributed by atoms with E-state index < -0.39 is 11.8 Å². The van der Waals surface area contributed by atoms with Crippen molar-refractivity contribution in [3.8, 4) is 0 Å². The summed E-state index contributed by atoms with van der Waals surface area (Å²) in [7, 11) is 2.15. The number of carbonyl (C=O) groups excluding carboxylic acids is 2. The van der Waals surface area contributed by atoms with Gasteiger partial charge in [-0.2, -0.15) is 0 Å². The highest BCUT2D eigenvalue weighted by Crippen LogP contribution is 2.31. The van der Waals surface area contributed by atoms with Gasteiger partial charge in [0.25, 0.3) is 0 Å². The number of hydrogen-bond donors (Lipinski definition) is 2. The number of hydrogen-bond acceptors (Lipinski definition) is 4. The summed E-state index contributed by atoms with van der Waals surface area (Å²) in [5, 5.41) is 5.66. The number of amides is 2. The number of nitrogens with zero attached hydrogens (tertiary/aromatic N) is 2. The predicted molar refractivity (Wildman–Crippen MR) is 132 cm³/mol. The van der Waals surface area contributed by atoms with Crippen molar-refractivity contribution in [1.29, 1.82) is 0 Å². The van der Waals surface area contributed by atoms with E-state index in [0.717, 1.165) is 31.6 Å². The average Bonchev–Trinajstić information content (AvgIpc) is 2.85. The van der Waals surface area contributed by atoms with Crippen molar-refractivity contribution < 1.29 is 9.59 Å². The number of carbonyl (C=O) groups is 2. The summed E-state index contributed by atoms with van der Waals surface area (Å²) in [6, 6.07) is 16.8. The van der Waals surface area contributed by atoms with Crippen molar-refractivity contribution >= 4 is 17.5 Å². The van der Waals surface area contributed by atoms with Crippen LogP contribution in [0.5, 0.6) is 0 Å². The molecule has 0 radical (unpaired) electrons. The molecule has 2 aliphatic rings. The molecular formula is C27H36N4O2. The van der Waals surface area contributed by atoms with Crippen LogP contribution in [0.15, 0.2) is 48.5 Å². The van der Waals surface area contributed by atoms with Crippen LogP contribution in [-0.4, -0.2) is 56.5 Å². The number of rotatable bonds is 7. The topological polar surface area (TPSA) is 64.7 Å². The minimum absolute atomic E-state index is 0.0869. The van der Waals surface area contributed by atoms with E-state index >= 15 is 0 Å². The van der Waals surface area contributed by atoms with Gasteiger partial charge in [-0.05, 0) is 68.0 Å². The molecule has 6 nitrogen and oxygen atoms in total. The normalized spacial score (nSPS) is 17.2. The van der Waals surface area contributed by atoms with Gasteiger partial charge < -0.3 is 15.5 Å². The Kier molecular flexibility index (Phi) is 8.00. The van der Waals surface area contributed by atoms with Crippen LogP contribution in [0, 0.1) is 0 Å². The molecule has 0 saturated carbocycles. The molecule has 0 aromatic heterocycles. The molecule has 2 N–H and O–H groups in total. The summed E-state index contributed by atoms with van der Waals surface area (Å²) in [4.78, 5) is 29.7. The van der Waals surface area contributed by atoms with Crippen molar-refractivity contribution in [2.24, 2.45) is 0 Å². The Morgan fingerprint density at radius 1 is 0.909 bits per heavy atom. The first kappa shape index (κ1) is 23.3. The highest BCUT2D eigenvalue weighted by Gasteiger charge is 2.25. The maximum absolute atomic E-state index is 12.5. The molecule has 1 saturated heterocycles. The van der Waals surface area contributed by atoms with Crippen molar-refractivity contribution in [1.82, 2.24) is 15.5 Å². The first-order valence-electron chi connectivity index (χ1n) is 12.3. The van der Waals surface area contributed by atoms with Gasteiger partial charge >= 0.3 is 11.8 Å². The largest absolute Gasteiger partial charge is 0.374 e. The van der Waals surface area contributed by atoms with Crippen LogP contribution in [-0.2, 0) is 22.4 Å². The molecule has 4 rings (SSSR count). The molecule has 176 valence electrons. The average molecular weight is 449 g/mol. The smallest absolute Gasteiger partial charge is 0.309 e. The monoisotopic (exact) mass is 448 g/mol. The molecule has 2 aliphatic heterocycles.